The number of imide groups is 1. The molecule has 3 rings (SSSR count). The van der Waals surface area contributed by atoms with Gasteiger partial charge in [0.25, 0.3) is 5.91 Å². The SMILES string of the molecule is CN(C(=O)CCN1C(=O)NC2(CCCC2)C1=O)C1CCCCC1. The van der Waals surface area contributed by atoms with Crippen LogP contribution in [-0.4, -0.2) is 52.8 Å². The van der Waals surface area contributed by atoms with Gasteiger partial charge in [-0.05, 0) is 25.7 Å². The number of hydrogen-bond acceptors (Lipinski definition) is 3. The first-order chi connectivity index (χ1) is 11.0. The van der Waals surface area contributed by atoms with Crippen LogP contribution in [-0.2, 0) is 9.59 Å². The summed E-state index contributed by atoms with van der Waals surface area (Å²) in [6, 6.07) is -0.00875. The quantitative estimate of drug-likeness (QED) is 0.806. The lowest BCUT2D eigenvalue weighted by Crippen LogP contribution is -2.44. The van der Waals surface area contributed by atoms with Gasteiger partial charge in [0.2, 0.25) is 5.91 Å². The fourth-order valence-corrected chi connectivity index (χ4v) is 4.25. The minimum atomic E-state index is -0.671. The van der Waals surface area contributed by atoms with E-state index in [1.165, 1.54) is 24.2 Å². The summed E-state index contributed by atoms with van der Waals surface area (Å²) in [5.74, 6) is -0.0991. The topological polar surface area (TPSA) is 69.7 Å². The van der Waals surface area contributed by atoms with Gasteiger partial charge in [0.05, 0.1) is 0 Å². The molecule has 128 valence electrons. The molecule has 1 saturated heterocycles. The summed E-state index contributed by atoms with van der Waals surface area (Å²) < 4.78 is 0. The molecule has 1 heterocycles. The molecule has 4 amide bonds. The normalized spacial score (nSPS) is 24.3. The standard InChI is InChI=1S/C17H27N3O3/c1-19(13-7-3-2-4-8-13)14(21)9-12-20-15(22)17(18-16(20)23)10-5-6-11-17/h13H,2-12H2,1H3,(H,18,23). The maximum absolute atomic E-state index is 12.5. The van der Waals surface area contributed by atoms with Gasteiger partial charge < -0.3 is 10.2 Å². The van der Waals surface area contributed by atoms with Crippen LogP contribution in [0.4, 0.5) is 4.79 Å². The second-order valence-corrected chi connectivity index (χ2v) is 7.22. The number of rotatable bonds is 4. The number of hydrogen-bond donors (Lipinski definition) is 1. The van der Waals surface area contributed by atoms with Gasteiger partial charge in [-0.15, -0.1) is 0 Å². The molecular formula is C17H27N3O3. The van der Waals surface area contributed by atoms with Gasteiger partial charge >= 0.3 is 6.03 Å². The molecule has 0 bridgehead atoms. The number of nitrogens with zero attached hydrogens (tertiary/aromatic N) is 2. The first-order valence-corrected chi connectivity index (χ1v) is 8.93. The van der Waals surface area contributed by atoms with Crippen LogP contribution in [0.3, 0.4) is 0 Å². The average Bonchev–Trinajstić information content (AvgIpc) is 3.12. The number of carbonyl (C=O) groups is 3. The van der Waals surface area contributed by atoms with Gasteiger partial charge in [-0.25, -0.2) is 4.79 Å². The predicted octanol–water partition coefficient (Wildman–Crippen LogP) is 2.03. The van der Waals surface area contributed by atoms with Crippen LogP contribution in [0.2, 0.25) is 0 Å². The Morgan fingerprint density at radius 3 is 2.48 bits per heavy atom. The molecule has 1 spiro atoms. The van der Waals surface area contributed by atoms with Crippen molar-refractivity contribution in [2.45, 2.75) is 75.8 Å². The molecule has 0 radical (unpaired) electrons. The minimum Gasteiger partial charge on any atom is -0.343 e. The zero-order chi connectivity index (χ0) is 16.4. The molecular weight excluding hydrogens is 294 g/mol. The Morgan fingerprint density at radius 2 is 1.83 bits per heavy atom. The van der Waals surface area contributed by atoms with Crippen LogP contribution in [0.25, 0.3) is 0 Å². The van der Waals surface area contributed by atoms with E-state index in [9.17, 15) is 14.4 Å². The molecule has 3 aliphatic rings. The van der Waals surface area contributed by atoms with E-state index >= 15 is 0 Å². The Hall–Kier alpha value is -1.59. The second kappa shape index (κ2) is 6.49. The zero-order valence-electron chi connectivity index (χ0n) is 14.0. The van der Waals surface area contributed by atoms with E-state index in [1.54, 1.807) is 0 Å². The van der Waals surface area contributed by atoms with Gasteiger partial charge in [-0.1, -0.05) is 32.1 Å². The van der Waals surface area contributed by atoms with Crippen LogP contribution in [0.5, 0.6) is 0 Å². The van der Waals surface area contributed by atoms with E-state index in [-0.39, 0.29) is 30.8 Å². The summed E-state index contributed by atoms with van der Waals surface area (Å²) in [6.07, 6.45) is 9.37. The first kappa shape index (κ1) is 16.3. The Labute approximate surface area is 137 Å². The molecule has 0 aromatic carbocycles. The number of nitrogens with one attached hydrogen (secondary N) is 1. The van der Waals surface area contributed by atoms with Crippen molar-refractivity contribution in [2.24, 2.45) is 0 Å². The lowest BCUT2D eigenvalue weighted by molar-refractivity contribution is -0.134. The number of carbonyl (C=O) groups excluding carboxylic acids is 3. The lowest BCUT2D eigenvalue weighted by atomic mass is 9.94. The monoisotopic (exact) mass is 321 g/mol. The van der Waals surface area contributed by atoms with E-state index in [1.807, 2.05) is 11.9 Å². The van der Waals surface area contributed by atoms with Crippen molar-refractivity contribution >= 4 is 17.8 Å². The fraction of sp³-hybridized carbons (Fsp3) is 0.824. The van der Waals surface area contributed by atoms with Crippen LogP contribution in [0.1, 0.15) is 64.2 Å². The zero-order valence-corrected chi connectivity index (χ0v) is 14.0. The summed E-state index contributed by atoms with van der Waals surface area (Å²) >= 11 is 0. The van der Waals surface area contributed by atoms with Crippen molar-refractivity contribution in [1.82, 2.24) is 15.1 Å². The third kappa shape index (κ3) is 3.08. The maximum atomic E-state index is 12.5. The highest BCUT2D eigenvalue weighted by Gasteiger charge is 2.52. The third-order valence-electron chi connectivity index (χ3n) is 5.77. The van der Waals surface area contributed by atoms with Gasteiger partial charge in [0, 0.05) is 26.1 Å². The highest BCUT2D eigenvalue weighted by atomic mass is 16.2. The highest BCUT2D eigenvalue weighted by Crippen LogP contribution is 2.35. The van der Waals surface area contributed by atoms with Crippen LogP contribution in [0.15, 0.2) is 0 Å². The van der Waals surface area contributed by atoms with Crippen molar-refractivity contribution in [3.8, 4) is 0 Å². The van der Waals surface area contributed by atoms with Crippen LogP contribution in [0, 0.1) is 0 Å². The average molecular weight is 321 g/mol. The molecule has 0 aromatic rings. The van der Waals surface area contributed by atoms with Crippen LogP contribution >= 0.6 is 0 Å². The summed E-state index contributed by atoms with van der Waals surface area (Å²) in [7, 11) is 1.85. The first-order valence-electron chi connectivity index (χ1n) is 8.93. The molecule has 0 aromatic heterocycles. The summed E-state index contributed by atoms with van der Waals surface area (Å²) in [5.41, 5.74) is -0.671. The molecule has 2 saturated carbocycles. The van der Waals surface area contributed by atoms with E-state index < -0.39 is 5.54 Å². The molecule has 0 unspecified atom stereocenters. The van der Waals surface area contributed by atoms with Gasteiger partial charge in [0.1, 0.15) is 5.54 Å². The highest BCUT2D eigenvalue weighted by molar-refractivity contribution is 6.07. The largest absolute Gasteiger partial charge is 0.343 e. The van der Waals surface area contributed by atoms with E-state index in [0.29, 0.717) is 6.04 Å². The molecule has 0 atom stereocenters. The number of urea groups is 1. The van der Waals surface area contributed by atoms with Gasteiger partial charge in [-0.2, -0.15) is 0 Å². The van der Waals surface area contributed by atoms with E-state index in [4.69, 9.17) is 0 Å². The third-order valence-corrected chi connectivity index (χ3v) is 5.77. The Morgan fingerprint density at radius 1 is 1.17 bits per heavy atom. The Kier molecular flexibility index (Phi) is 4.60. The van der Waals surface area contributed by atoms with Crippen molar-refractivity contribution in [1.29, 1.82) is 0 Å². The molecule has 1 aliphatic heterocycles. The van der Waals surface area contributed by atoms with Gasteiger partial charge in [0.15, 0.2) is 0 Å². The molecule has 23 heavy (non-hydrogen) atoms. The van der Waals surface area contributed by atoms with E-state index in [2.05, 4.69) is 5.32 Å². The fourth-order valence-electron chi connectivity index (χ4n) is 4.25. The molecule has 6 heteroatoms. The summed E-state index contributed by atoms with van der Waals surface area (Å²) in [4.78, 5) is 40.1. The van der Waals surface area contributed by atoms with Crippen LogP contribution < -0.4 is 5.32 Å². The molecule has 3 fully saturated rings. The van der Waals surface area contributed by atoms with Gasteiger partial charge in [-0.3, -0.25) is 14.5 Å². The lowest BCUT2D eigenvalue weighted by Gasteiger charge is -2.31. The second-order valence-electron chi connectivity index (χ2n) is 7.22. The van der Waals surface area contributed by atoms with Crippen molar-refractivity contribution in [3.63, 3.8) is 0 Å². The molecule has 2 aliphatic carbocycles. The minimum absolute atomic E-state index is 0.0323. The van der Waals surface area contributed by atoms with Crippen molar-refractivity contribution < 1.29 is 14.4 Å². The predicted molar refractivity (Wildman–Crippen MR) is 85.7 cm³/mol. The van der Waals surface area contributed by atoms with Crippen molar-refractivity contribution in [3.05, 3.63) is 0 Å². The van der Waals surface area contributed by atoms with E-state index in [0.717, 1.165) is 38.5 Å². The molecule has 1 N–H and O–H groups in total. The summed E-state index contributed by atoms with van der Waals surface area (Å²) in [5, 5.41) is 2.86. The van der Waals surface area contributed by atoms with Crippen molar-refractivity contribution in [2.75, 3.05) is 13.6 Å². The smallest absolute Gasteiger partial charge is 0.325 e. The number of amides is 4. The maximum Gasteiger partial charge on any atom is 0.325 e. The summed E-state index contributed by atoms with van der Waals surface area (Å²) in [6.45, 7) is 0.197. The molecule has 6 nitrogen and oxygen atoms in total. The Bertz CT molecular complexity index is 493. The Balaban J connectivity index is 1.54.